The summed E-state index contributed by atoms with van der Waals surface area (Å²) in [6, 6.07) is 21.2. The fraction of sp³-hybridized carbons (Fsp3) is 0.100. The number of aromatic nitrogens is 1. The maximum atomic E-state index is 12.5. The zero-order valence-electron chi connectivity index (χ0n) is 13.7. The smallest absolute Gasteiger partial charge is 0.276 e. The molecule has 0 unspecified atom stereocenters. The molecule has 1 heterocycles. The van der Waals surface area contributed by atoms with Crippen LogP contribution in [0, 0.1) is 6.92 Å². The number of nitrogens with zero attached hydrogens (tertiary/aromatic N) is 2. The van der Waals surface area contributed by atoms with Gasteiger partial charge in [0.2, 0.25) is 0 Å². The summed E-state index contributed by atoms with van der Waals surface area (Å²) in [5.41, 5.74) is 4.30. The molecule has 0 aliphatic rings. The summed E-state index contributed by atoms with van der Waals surface area (Å²) in [6.07, 6.45) is 1.67. The van der Waals surface area contributed by atoms with Crippen LogP contribution in [0.25, 0.3) is 0 Å². The Labute approximate surface area is 141 Å². The number of nitrogens with one attached hydrogen (secondary N) is 1. The molecule has 0 aliphatic carbocycles. The molecule has 4 heteroatoms. The van der Waals surface area contributed by atoms with Gasteiger partial charge in [0.15, 0.2) is 0 Å². The monoisotopic (exact) mass is 317 g/mol. The Morgan fingerprint density at radius 1 is 0.917 bits per heavy atom. The van der Waals surface area contributed by atoms with E-state index in [-0.39, 0.29) is 5.91 Å². The van der Waals surface area contributed by atoms with Gasteiger partial charge in [0, 0.05) is 18.4 Å². The fourth-order valence-corrected chi connectivity index (χ4v) is 2.34. The lowest BCUT2D eigenvalue weighted by molar-refractivity contribution is 0.0988. The van der Waals surface area contributed by atoms with Gasteiger partial charge in [-0.25, -0.2) is 4.98 Å². The zero-order valence-corrected chi connectivity index (χ0v) is 13.7. The minimum absolute atomic E-state index is 0.136. The Hall–Kier alpha value is -3.14. The Morgan fingerprint density at radius 2 is 1.58 bits per heavy atom. The number of anilines is 3. The largest absolute Gasteiger partial charge is 0.354 e. The van der Waals surface area contributed by atoms with Crippen molar-refractivity contribution in [3.8, 4) is 0 Å². The second-order valence-corrected chi connectivity index (χ2v) is 5.62. The average molecular weight is 317 g/mol. The van der Waals surface area contributed by atoms with E-state index in [1.807, 2.05) is 60.7 Å². The second-order valence-electron chi connectivity index (χ2n) is 5.62. The molecule has 0 fully saturated rings. The molecule has 0 saturated heterocycles. The summed E-state index contributed by atoms with van der Waals surface area (Å²) >= 11 is 0. The first-order chi connectivity index (χ1) is 11.6. The van der Waals surface area contributed by atoms with Crippen molar-refractivity contribution in [2.24, 2.45) is 0 Å². The van der Waals surface area contributed by atoms with Crippen LogP contribution in [0.15, 0.2) is 72.9 Å². The number of para-hydroxylation sites is 1. The third-order valence-corrected chi connectivity index (χ3v) is 3.77. The standard InChI is InChI=1S/C20H19N3O/c1-15-8-10-16(11-9-15)22-17-12-13-19(21-14-17)20(24)23(2)18-6-4-3-5-7-18/h3-14,22H,1-2H3. The molecule has 3 aromatic rings. The van der Waals surface area contributed by atoms with Crippen LogP contribution in [0.1, 0.15) is 16.1 Å². The van der Waals surface area contributed by atoms with Crippen molar-refractivity contribution in [3.63, 3.8) is 0 Å². The van der Waals surface area contributed by atoms with E-state index in [0.717, 1.165) is 17.1 Å². The maximum absolute atomic E-state index is 12.5. The van der Waals surface area contributed by atoms with Crippen LogP contribution in [0.2, 0.25) is 0 Å². The minimum atomic E-state index is -0.136. The van der Waals surface area contributed by atoms with E-state index >= 15 is 0 Å². The first kappa shape index (κ1) is 15.7. The molecule has 0 spiro atoms. The number of amides is 1. The van der Waals surface area contributed by atoms with Crippen molar-refractivity contribution >= 4 is 23.0 Å². The lowest BCUT2D eigenvalue weighted by Crippen LogP contribution is -2.26. The van der Waals surface area contributed by atoms with Crippen LogP contribution >= 0.6 is 0 Å². The number of aryl methyl sites for hydroxylation is 1. The van der Waals surface area contributed by atoms with Gasteiger partial charge in [-0.15, -0.1) is 0 Å². The van der Waals surface area contributed by atoms with Crippen LogP contribution in [0.5, 0.6) is 0 Å². The molecule has 0 bridgehead atoms. The Balaban J connectivity index is 1.72. The van der Waals surface area contributed by atoms with Gasteiger partial charge in [-0.05, 0) is 43.3 Å². The van der Waals surface area contributed by atoms with Crippen molar-refractivity contribution in [1.29, 1.82) is 0 Å². The molecule has 2 aromatic carbocycles. The quantitative estimate of drug-likeness (QED) is 0.775. The van der Waals surface area contributed by atoms with E-state index in [1.54, 1.807) is 24.2 Å². The highest BCUT2D eigenvalue weighted by molar-refractivity contribution is 6.04. The molecule has 3 rings (SSSR count). The third kappa shape index (κ3) is 3.60. The SMILES string of the molecule is Cc1ccc(Nc2ccc(C(=O)N(C)c3ccccc3)nc2)cc1. The number of carbonyl (C=O) groups is 1. The highest BCUT2D eigenvalue weighted by Gasteiger charge is 2.14. The lowest BCUT2D eigenvalue weighted by Gasteiger charge is -2.16. The molecule has 1 amide bonds. The highest BCUT2D eigenvalue weighted by atomic mass is 16.2. The van der Waals surface area contributed by atoms with Crippen molar-refractivity contribution in [2.75, 3.05) is 17.3 Å². The molecule has 24 heavy (non-hydrogen) atoms. The summed E-state index contributed by atoms with van der Waals surface area (Å²) in [4.78, 5) is 18.4. The van der Waals surface area contributed by atoms with Gasteiger partial charge in [-0.3, -0.25) is 4.79 Å². The van der Waals surface area contributed by atoms with Crippen molar-refractivity contribution < 1.29 is 4.79 Å². The first-order valence-electron chi connectivity index (χ1n) is 7.76. The van der Waals surface area contributed by atoms with E-state index in [1.165, 1.54) is 5.56 Å². The summed E-state index contributed by atoms with van der Waals surface area (Å²) in [6.45, 7) is 2.05. The summed E-state index contributed by atoms with van der Waals surface area (Å²) in [5, 5.41) is 3.27. The van der Waals surface area contributed by atoms with Crippen molar-refractivity contribution in [3.05, 3.63) is 84.2 Å². The minimum Gasteiger partial charge on any atom is -0.354 e. The predicted octanol–water partition coefficient (Wildman–Crippen LogP) is 4.41. The number of benzene rings is 2. The molecule has 1 aromatic heterocycles. The van der Waals surface area contributed by atoms with Crippen LogP contribution in [0.4, 0.5) is 17.1 Å². The normalized spacial score (nSPS) is 10.2. The topological polar surface area (TPSA) is 45.2 Å². The molecule has 1 N–H and O–H groups in total. The van der Waals surface area contributed by atoms with E-state index < -0.39 is 0 Å². The molecule has 0 saturated carbocycles. The summed E-state index contributed by atoms with van der Waals surface area (Å²) in [7, 11) is 1.75. The van der Waals surface area contributed by atoms with Gasteiger partial charge in [0.1, 0.15) is 5.69 Å². The molecule has 120 valence electrons. The van der Waals surface area contributed by atoms with Crippen LogP contribution < -0.4 is 10.2 Å². The molecule has 0 aliphatic heterocycles. The molecular formula is C20H19N3O. The number of hydrogen-bond donors (Lipinski definition) is 1. The highest BCUT2D eigenvalue weighted by Crippen LogP contribution is 2.18. The Morgan fingerprint density at radius 3 is 2.21 bits per heavy atom. The van der Waals surface area contributed by atoms with Gasteiger partial charge >= 0.3 is 0 Å². The van der Waals surface area contributed by atoms with E-state index in [2.05, 4.69) is 17.2 Å². The number of hydrogen-bond acceptors (Lipinski definition) is 3. The lowest BCUT2D eigenvalue weighted by atomic mass is 10.2. The fourth-order valence-electron chi connectivity index (χ4n) is 2.34. The average Bonchev–Trinajstić information content (AvgIpc) is 2.64. The number of pyridine rings is 1. The summed E-state index contributed by atoms with van der Waals surface area (Å²) in [5.74, 6) is -0.136. The third-order valence-electron chi connectivity index (χ3n) is 3.77. The van der Waals surface area contributed by atoms with Crippen LogP contribution in [-0.4, -0.2) is 17.9 Å². The van der Waals surface area contributed by atoms with Gasteiger partial charge < -0.3 is 10.2 Å². The maximum Gasteiger partial charge on any atom is 0.276 e. The molecule has 4 nitrogen and oxygen atoms in total. The molecule has 0 atom stereocenters. The van der Waals surface area contributed by atoms with E-state index in [4.69, 9.17) is 0 Å². The van der Waals surface area contributed by atoms with E-state index in [0.29, 0.717) is 5.69 Å². The van der Waals surface area contributed by atoms with Crippen LogP contribution in [-0.2, 0) is 0 Å². The van der Waals surface area contributed by atoms with Gasteiger partial charge in [0.05, 0.1) is 11.9 Å². The number of rotatable bonds is 4. The van der Waals surface area contributed by atoms with E-state index in [9.17, 15) is 4.79 Å². The first-order valence-corrected chi connectivity index (χ1v) is 7.76. The van der Waals surface area contributed by atoms with Gasteiger partial charge in [-0.1, -0.05) is 35.9 Å². The summed E-state index contributed by atoms with van der Waals surface area (Å²) < 4.78 is 0. The second kappa shape index (κ2) is 6.96. The predicted molar refractivity (Wildman–Crippen MR) is 97.9 cm³/mol. The Kier molecular flexibility index (Phi) is 4.57. The van der Waals surface area contributed by atoms with Crippen molar-refractivity contribution in [2.45, 2.75) is 6.92 Å². The van der Waals surface area contributed by atoms with Gasteiger partial charge in [-0.2, -0.15) is 0 Å². The molecular weight excluding hydrogens is 298 g/mol. The number of carbonyl (C=O) groups excluding carboxylic acids is 1. The van der Waals surface area contributed by atoms with Crippen molar-refractivity contribution in [1.82, 2.24) is 4.98 Å². The Bertz CT molecular complexity index is 812. The van der Waals surface area contributed by atoms with Crippen LogP contribution in [0.3, 0.4) is 0 Å². The van der Waals surface area contributed by atoms with Gasteiger partial charge in [0.25, 0.3) is 5.91 Å². The molecule has 0 radical (unpaired) electrons. The zero-order chi connectivity index (χ0) is 16.9.